The molecule has 1 aromatic carbocycles. The second-order valence-corrected chi connectivity index (χ2v) is 7.52. The molecule has 6 nitrogen and oxygen atoms in total. The van der Waals surface area contributed by atoms with Crippen LogP contribution in [0.3, 0.4) is 0 Å². The summed E-state index contributed by atoms with van der Waals surface area (Å²) in [7, 11) is 5.97. The number of ether oxygens (including phenoxy) is 1. The van der Waals surface area contributed by atoms with E-state index in [9.17, 15) is 0 Å². The Kier molecular flexibility index (Phi) is 9.96. The number of nitrogens with one attached hydrogen (secondary N) is 1. The standard InChI is InChI=1S/C22H32N4O2.HI/c1-23-22(24-14-20(25(2)3)21-10-7-13-28-21)26-12-11-19(15-26)17-27-16-18-8-5-4-6-9-18;/h4-10,13,19-20H,11-12,14-17H2,1-3H3,(H,23,24);1H. The van der Waals surface area contributed by atoms with Gasteiger partial charge in [-0.3, -0.25) is 9.89 Å². The number of nitrogens with zero attached hydrogens (tertiary/aromatic N) is 3. The summed E-state index contributed by atoms with van der Waals surface area (Å²) in [5, 5.41) is 3.52. The van der Waals surface area contributed by atoms with Crippen LogP contribution in [0.25, 0.3) is 0 Å². The number of hydrogen-bond donors (Lipinski definition) is 1. The van der Waals surface area contributed by atoms with Gasteiger partial charge >= 0.3 is 0 Å². The first kappa shape index (κ1) is 23.7. The largest absolute Gasteiger partial charge is 0.468 e. The Morgan fingerprint density at radius 2 is 2.07 bits per heavy atom. The molecule has 2 aromatic rings. The highest BCUT2D eigenvalue weighted by atomic mass is 127. The van der Waals surface area contributed by atoms with Gasteiger partial charge in [0.15, 0.2) is 5.96 Å². The van der Waals surface area contributed by atoms with E-state index in [4.69, 9.17) is 9.15 Å². The molecule has 1 aromatic heterocycles. The van der Waals surface area contributed by atoms with Crippen molar-refractivity contribution in [2.24, 2.45) is 10.9 Å². The van der Waals surface area contributed by atoms with Crippen LogP contribution in [0.4, 0.5) is 0 Å². The van der Waals surface area contributed by atoms with Crippen molar-refractivity contribution in [3.05, 3.63) is 60.1 Å². The third-order valence-electron chi connectivity index (χ3n) is 5.21. The number of rotatable bonds is 8. The lowest BCUT2D eigenvalue weighted by Crippen LogP contribution is -2.43. The van der Waals surface area contributed by atoms with Gasteiger partial charge in [0.25, 0.3) is 0 Å². The SMILES string of the molecule is CN=C(NCC(c1ccco1)N(C)C)N1CCC(COCc2ccccc2)C1.I. The van der Waals surface area contributed by atoms with Gasteiger partial charge in [-0.05, 0) is 38.2 Å². The fourth-order valence-electron chi connectivity index (χ4n) is 3.62. The minimum atomic E-state index is 0. The van der Waals surface area contributed by atoms with E-state index in [1.54, 1.807) is 6.26 Å². The van der Waals surface area contributed by atoms with Gasteiger partial charge < -0.3 is 19.4 Å². The number of guanidine groups is 1. The lowest BCUT2D eigenvalue weighted by atomic mass is 10.1. The molecule has 1 fully saturated rings. The van der Waals surface area contributed by atoms with Crippen LogP contribution in [0.2, 0.25) is 0 Å². The van der Waals surface area contributed by atoms with Crippen LogP contribution >= 0.6 is 24.0 Å². The van der Waals surface area contributed by atoms with Crippen molar-refractivity contribution >= 4 is 29.9 Å². The lowest BCUT2D eigenvalue weighted by Gasteiger charge is -2.27. The molecule has 2 atom stereocenters. The van der Waals surface area contributed by atoms with Crippen molar-refractivity contribution in [1.82, 2.24) is 15.1 Å². The quantitative estimate of drug-likeness (QED) is 0.333. The topological polar surface area (TPSA) is 53.2 Å². The number of halogens is 1. The van der Waals surface area contributed by atoms with Gasteiger partial charge in [0, 0.05) is 32.6 Å². The number of likely N-dealkylation sites (tertiary alicyclic amines) is 1. The first-order valence-electron chi connectivity index (χ1n) is 9.94. The second-order valence-electron chi connectivity index (χ2n) is 7.52. The summed E-state index contributed by atoms with van der Waals surface area (Å²) in [6, 6.07) is 14.5. The predicted octanol–water partition coefficient (Wildman–Crippen LogP) is 3.61. The average Bonchev–Trinajstić information content (AvgIpc) is 3.38. The highest BCUT2D eigenvalue weighted by Crippen LogP contribution is 2.20. The molecule has 7 heteroatoms. The van der Waals surface area contributed by atoms with E-state index in [-0.39, 0.29) is 30.0 Å². The number of benzene rings is 1. The van der Waals surface area contributed by atoms with E-state index in [1.807, 2.05) is 25.2 Å². The van der Waals surface area contributed by atoms with Crippen LogP contribution in [-0.4, -0.2) is 63.1 Å². The highest BCUT2D eigenvalue weighted by molar-refractivity contribution is 14.0. The summed E-state index contributed by atoms with van der Waals surface area (Å²) in [5.74, 6) is 2.45. The zero-order valence-electron chi connectivity index (χ0n) is 17.6. The van der Waals surface area contributed by atoms with Crippen LogP contribution < -0.4 is 5.32 Å². The Morgan fingerprint density at radius 3 is 2.72 bits per heavy atom. The van der Waals surface area contributed by atoms with Gasteiger partial charge in [0.2, 0.25) is 0 Å². The third kappa shape index (κ3) is 7.01. The smallest absolute Gasteiger partial charge is 0.193 e. The monoisotopic (exact) mass is 512 g/mol. The van der Waals surface area contributed by atoms with Gasteiger partial charge in [-0.15, -0.1) is 24.0 Å². The maximum absolute atomic E-state index is 5.94. The molecule has 29 heavy (non-hydrogen) atoms. The Balaban J connectivity index is 0.00000300. The first-order chi connectivity index (χ1) is 13.7. The van der Waals surface area contributed by atoms with Gasteiger partial charge in [-0.2, -0.15) is 0 Å². The molecule has 0 saturated carbocycles. The van der Waals surface area contributed by atoms with Gasteiger partial charge in [-0.1, -0.05) is 30.3 Å². The van der Waals surface area contributed by atoms with Gasteiger partial charge in [-0.25, -0.2) is 0 Å². The lowest BCUT2D eigenvalue weighted by molar-refractivity contribution is 0.0906. The van der Waals surface area contributed by atoms with Crippen molar-refractivity contribution in [1.29, 1.82) is 0 Å². The van der Waals surface area contributed by atoms with E-state index < -0.39 is 0 Å². The molecule has 0 aliphatic carbocycles. The minimum Gasteiger partial charge on any atom is -0.468 e. The van der Waals surface area contributed by atoms with E-state index >= 15 is 0 Å². The number of likely N-dealkylation sites (N-methyl/N-ethyl adjacent to an activating group) is 1. The summed E-state index contributed by atoms with van der Waals surface area (Å²) in [6.45, 7) is 4.19. The third-order valence-corrected chi connectivity index (χ3v) is 5.21. The molecule has 1 aliphatic heterocycles. The number of furan rings is 1. The van der Waals surface area contributed by atoms with Crippen molar-refractivity contribution in [3.8, 4) is 0 Å². The Hall–Kier alpha value is -1.58. The number of aliphatic imine (C=N–C) groups is 1. The molecule has 0 spiro atoms. The Bertz CT molecular complexity index is 722. The van der Waals surface area contributed by atoms with Crippen molar-refractivity contribution in [2.75, 3.05) is 47.4 Å². The molecule has 160 valence electrons. The normalized spacial score (nSPS) is 18.0. The zero-order valence-corrected chi connectivity index (χ0v) is 19.9. The average molecular weight is 512 g/mol. The molecular weight excluding hydrogens is 479 g/mol. The number of hydrogen-bond acceptors (Lipinski definition) is 4. The van der Waals surface area contributed by atoms with E-state index in [0.29, 0.717) is 12.5 Å². The Morgan fingerprint density at radius 1 is 1.28 bits per heavy atom. The van der Waals surface area contributed by atoms with E-state index in [0.717, 1.165) is 44.4 Å². The van der Waals surface area contributed by atoms with Crippen molar-refractivity contribution < 1.29 is 9.15 Å². The van der Waals surface area contributed by atoms with Gasteiger partial charge in [0.1, 0.15) is 5.76 Å². The predicted molar refractivity (Wildman–Crippen MR) is 128 cm³/mol. The molecule has 2 heterocycles. The van der Waals surface area contributed by atoms with Crippen molar-refractivity contribution in [2.45, 2.75) is 19.1 Å². The maximum Gasteiger partial charge on any atom is 0.193 e. The van der Waals surface area contributed by atoms with Crippen LogP contribution in [0.1, 0.15) is 23.8 Å². The molecule has 2 unspecified atom stereocenters. The maximum atomic E-state index is 5.94. The summed E-state index contributed by atoms with van der Waals surface area (Å²) in [4.78, 5) is 8.97. The summed E-state index contributed by atoms with van der Waals surface area (Å²) in [6.07, 6.45) is 2.85. The fourth-order valence-corrected chi connectivity index (χ4v) is 3.62. The highest BCUT2D eigenvalue weighted by Gasteiger charge is 2.26. The van der Waals surface area contributed by atoms with Crippen LogP contribution in [-0.2, 0) is 11.3 Å². The molecule has 1 N–H and O–H groups in total. The summed E-state index contributed by atoms with van der Waals surface area (Å²) in [5.41, 5.74) is 1.22. The summed E-state index contributed by atoms with van der Waals surface area (Å²) >= 11 is 0. The minimum absolute atomic E-state index is 0. The van der Waals surface area contributed by atoms with Gasteiger partial charge in [0.05, 0.1) is 25.5 Å². The molecule has 1 saturated heterocycles. The molecule has 0 amide bonds. The Labute approximate surface area is 191 Å². The fraction of sp³-hybridized carbons (Fsp3) is 0.500. The zero-order chi connectivity index (χ0) is 19.8. The second kappa shape index (κ2) is 12.2. The van der Waals surface area contributed by atoms with Crippen LogP contribution in [0.15, 0.2) is 58.1 Å². The molecule has 1 aliphatic rings. The molecule has 3 rings (SSSR count). The van der Waals surface area contributed by atoms with E-state index in [2.05, 4.69) is 58.5 Å². The van der Waals surface area contributed by atoms with Crippen LogP contribution in [0, 0.1) is 5.92 Å². The molecular formula is C22H33IN4O2. The van der Waals surface area contributed by atoms with Crippen LogP contribution in [0.5, 0.6) is 0 Å². The first-order valence-corrected chi connectivity index (χ1v) is 9.94. The summed E-state index contributed by atoms with van der Waals surface area (Å²) < 4.78 is 11.5. The molecule has 0 radical (unpaired) electrons. The van der Waals surface area contributed by atoms with Crippen molar-refractivity contribution in [3.63, 3.8) is 0 Å². The molecule has 0 bridgehead atoms. The van der Waals surface area contributed by atoms with E-state index in [1.165, 1.54) is 5.56 Å².